The maximum Gasteiger partial charge on any atom is 0.236 e. The first-order chi connectivity index (χ1) is 7.50. The van der Waals surface area contributed by atoms with E-state index in [4.69, 9.17) is 0 Å². The van der Waals surface area contributed by atoms with Crippen molar-refractivity contribution >= 4 is 11.8 Å². The zero-order valence-corrected chi connectivity index (χ0v) is 9.78. The quantitative estimate of drug-likeness (QED) is 0.672. The summed E-state index contributed by atoms with van der Waals surface area (Å²) in [6.45, 7) is 3.97. The highest BCUT2D eigenvalue weighted by Crippen LogP contribution is 2.31. The molecule has 3 heteroatoms. The van der Waals surface area contributed by atoms with Gasteiger partial charge in [-0.2, -0.15) is 0 Å². The van der Waals surface area contributed by atoms with Gasteiger partial charge in [0.25, 0.3) is 0 Å². The molecule has 3 nitrogen and oxygen atoms in total. The maximum absolute atomic E-state index is 11.9. The number of aryl methyl sites for hydroxylation is 2. The third-order valence-electron chi connectivity index (χ3n) is 3.19. The Morgan fingerprint density at radius 1 is 1.25 bits per heavy atom. The molecule has 1 saturated heterocycles. The van der Waals surface area contributed by atoms with Crippen LogP contribution in [-0.2, 0) is 9.59 Å². The van der Waals surface area contributed by atoms with Crippen molar-refractivity contribution in [2.24, 2.45) is 0 Å². The van der Waals surface area contributed by atoms with Crippen molar-refractivity contribution in [3.05, 3.63) is 34.9 Å². The smallest absolute Gasteiger partial charge is 0.236 e. The van der Waals surface area contributed by atoms with E-state index in [1.165, 1.54) is 4.90 Å². The third-order valence-corrected chi connectivity index (χ3v) is 3.19. The van der Waals surface area contributed by atoms with Gasteiger partial charge in [-0.1, -0.05) is 23.8 Å². The highest BCUT2D eigenvalue weighted by atomic mass is 16.2. The van der Waals surface area contributed by atoms with E-state index in [-0.39, 0.29) is 17.7 Å². The molecular weight excluding hydrogens is 202 g/mol. The number of nitrogens with zero attached hydrogens (tertiary/aromatic N) is 1. The number of likely N-dealkylation sites (N-methyl/N-ethyl adjacent to an activating group) is 1. The van der Waals surface area contributed by atoms with Crippen LogP contribution in [0.25, 0.3) is 0 Å². The average Bonchev–Trinajstić information content (AvgIpc) is 2.50. The van der Waals surface area contributed by atoms with Gasteiger partial charge in [0.1, 0.15) is 0 Å². The van der Waals surface area contributed by atoms with Gasteiger partial charge in [0.15, 0.2) is 0 Å². The van der Waals surface area contributed by atoms with Crippen LogP contribution in [0.5, 0.6) is 0 Å². The Morgan fingerprint density at radius 3 is 2.50 bits per heavy atom. The number of benzene rings is 1. The van der Waals surface area contributed by atoms with Crippen LogP contribution in [0.3, 0.4) is 0 Å². The fourth-order valence-corrected chi connectivity index (χ4v) is 2.13. The predicted octanol–water partition coefficient (Wildman–Crippen LogP) is 1.78. The molecule has 16 heavy (non-hydrogen) atoms. The van der Waals surface area contributed by atoms with Gasteiger partial charge in [-0.05, 0) is 25.0 Å². The Bertz CT molecular complexity index is 465. The summed E-state index contributed by atoms with van der Waals surface area (Å²) in [6.07, 6.45) is 0.305. The molecule has 0 N–H and O–H groups in total. The molecule has 1 atom stereocenters. The van der Waals surface area contributed by atoms with Gasteiger partial charge in [0.2, 0.25) is 11.8 Å². The van der Waals surface area contributed by atoms with Crippen molar-refractivity contribution < 1.29 is 9.59 Å². The molecule has 0 bridgehead atoms. The Labute approximate surface area is 95.1 Å². The van der Waals surface area contributed by atoms with Crippen LogP contribution in [-0.4, -0.2) is 23.8 Å². The molecule has 84 valence electrons. The van der Waals surface area contributed by atoms with Crippen LogP contribution < -0.4 is 0 Å². The number of carbonyl (C=O) groups is 2. The molecule has 0 radical (unpaired) electrons. The lowest BCUT2D eigenvalue weighted by molar-refractivity contribution is -0.137. The molecule has 1 aromatic carbocycles. The van der Waals surface area contributed by atoms with E-state index in [1.54, 1.807) is 7.05 Å². The number of hydrogen-bond donors (Lipinski definition) is 0. The number of hydrogen-bond acceptors (Lipinski definition) is 2. The van der Waals surface area contributed by atoms with Gasteiger partial charge < -0.3 is 0 Å². The van der Waals surface area contributed by atoms with E-state index < -0.39 is 0 Å². The van der Waals surface area contributed by atoms with Crippen molar-refractivity contribution in [1.82, 2.24) is 4.90 Å². The van der Waals surface area contributed by atoms with Gasteiger partial charge in [-0.15, -0.1) is 0 Å². The van der Waals surface area contributed by atoms with E-state index in [2.05, 4.69) is 0 Å². The van der Waals surface area contributed by atoms with Gasteiger partial charge in [-0.25, -0.2) is 0 Å². The molecule has 1 heterocycles. The number of amides is 2. The number of rotatable bonds is 1. The van der Waals surface area contributed by atoms with Crippen molar-refractivity contribution in [2.75, 3.05) is 7.05 Å². The lowest BCUT2D eigenvalue weighted by atomic mass is 9.92. The average molecular weight is 217 g/mol. The fraction of sp³-hybridized carbons (Fsp3) is 0.385. The molecule has 2 amide bonds. The summed E-state index contributed by atoms with van der Waals surface area (Å²) in [5.41, 5.74) is 3.19. The van der Waals surface area contributed by atoms with Gasteiger partial charge in [0.05, 0.1) is 5.92 Å². The second-order valence-corrected chi connectivity index (χ2v) is 4.41. The maximum atomic E-state index is 11.9. The van der Waals surface area contributed by atoms with Crippen molar-refractivity contribution in [3.8, 4) is 0 Å². The highest BCUT2D eigenvalue weighted by molar-refractivity contribution is 6.06. The third kappa shape index (κ3) is 1.62. The standard InChI is InChI=1S/C13H15NO2/c1-8-4-5-9(2)10(6-8)11-7-12(15)14(3)13(11)16/h4-6,11H,7H2,1-3H3. The van der Waals surface area contributed by atoms with Crippen LogP contribution in [0.2, 0.25) is 0 Å². The fourth-order valence-electron chi connectivity index (χ4n) is 2.13. The van der Waals surface area contributed by atoms with Crippen molar-refractivity contribution in [3.63, 3.8) is 0 Å². The van der Waals surface area contributed by atoms with E-state index in [0.29, 0.717) is 6.42 Å². The normalized spacial score (nSPS) is 20.7. The first-order valence-corrected chi connectivity index (χ1v) is 5.38. The minimum atomic E-state index is -0.280. The molecule has 1 aliphatic rings. The van der Waals surface area contributed by atoms with E-state index in [9.17, 15) is 9.59 Å². The molecular formula is C13H15NO2. The Kier molecular flexibility index (Phi) is 2.54. The molecule has 1 aromatic rings. The van der Waals surface area contributed by atoms with Gasteiger partial charge in [0, 0.05) is 13.5 Å². The minimum Gasteiger partial charge on any atom is -0.285 e. The number of imide groups is 1. The SMILES string of the molecule is Cc1ccc(C)c(C2CC(=O)N(C)C2=O)c1. The molecule has 1 aliphatic heterocycles. The summed E-state index contributed by atoms with van der Waals surface area (Å²) < 4.78 is 0. The Balaban J connectivity index is 2.42. The monoisotopic (exact) mass is 217 g/mol. The zero-order chi connectivity index (χ0) is 11.9. The molecule has 0 aromatic heterocycles. The lowest BCUT2D eigenvalue weighted by Gasteiger charge is -2.12. The highest BCUT2D eigenvalue weighted by Gasteiger charge is 2.37. The molecule has 0 spiro atoms. The van der Waals surface area contributed by atoms with Gasteiger partial charge in [-0.3, -0.25) is 14.5 Å². The Morgan fingerprint density at radius 2 is 1.94 bits per heavy atom. The first kappa shape index (κ1) is 10.9. The largest absolute Gasteiger partial charge is 0.285 e. The van der Waals surface area contributed by atoms with Crippen LogP contribution in [0.15, 0.2) is 18.2 Å². The summed E-state index contributed by atoms with van der Waals surface area (Å²) in [5.74, 6) is -0.452. The molecule has 0 saturated carbocycles. The molecule has 1 fully saturated rings. The molecule has 1 unspecified atom stereocenters. The predicted molar refractivity (Wildman–Crippen MR) is 61.1 cm³/mol. The second kappa shape index (κ2) is 3.74. The zero-order valence-electron chi connectivity index (χ0n) is 9.78. The molecule has 0 aliphatic carbocycles. The summed E-state index contributed by atoms with van der Waals surface area (Å²) in [5, 5.41) is 0. The Hall–Kier alpha value is -1.64. The van der Waals surface area contributed by atoms with Crippen LogP contribution in [0.4, 0.5) is 0 Å². The van der Waals surface area contributed by atoms with E-state index >= 15 is 0 Å². The van der Waals surface area contributed by atoms with Crippen LogP contribution in [0.1, 0.15) is 29.0 Å². The summed E-state index contributed by atoms with van der Waals surface area (Å²) in [7, 11) is 1.55. The lowest BCUT2D eigenvalue weighted by Crippen LogP contribution is -2.25. The number of likely N-dealkylation sites (tertiary alicyclic amines) is 1. The van der Waals surface area contributed by atoms with Crippen LogP contribution >= 0.6 is 0 Å². The van der Waals surface area contributed by atoms with Crippen molar-refractivity contribution in [2.45, 2.75) is 26.2 Å². The summed E-state index contributed by atoms with van der Waals surface area (Å²) >= 11 is 0. The van der Waals surface area contributed by atoms with E-state index in [0.717, 1.165) is 16.7 Å². The summed E-state index contributed by atoms with van der Waals surface area (Å²) in [6, 6.07) is 6.02. The number of carbonyl (C=O) groups excluding carboxylic acids is 2. The topological polar surface area (TPSA) is 37.4 Å². The van der Waals surface area contributed by atoms with Crippen LogP contribution in [0, 0.1) is 13.8 Å². The minimum absolute atomic E-state index is 0.0845. The first-order valence-electron chi connectivity index (χ1n) is 5.38. The van der Waals surface area contributed by atoms with Gasteiger partial charge >= 0.3 is 0 Å². The summed E-state index contributed by atoms with van der Waals surface area (Å²) in [4.78, 5) is 24.6. The van der Waals surface area contributed by atoms with Crippen molar-refractivity contribution in [1.29, 1.82) is 0 Å². The van der Waals surface area contributed by atoms with E-state index in [1.807, 2.05) is 32.0 Å². The molecule has 2 rings (SSSR count). The second-order valence-electron chi connectivity index (χ2n) is 4.41.